The quantitative estimate of drug-likeness (QED) is 0.425. The van der Waals surface area contributed by atoms with Gasteiger partial charge in [0.05, 0.1) is 0 Å². The second-order valence-corrected chi connectivity index (χ2v) is 2.62. The third-order valence-corrected chi connectivity index (χ3v) is 1.76. The van der Waals surface area contributed by atoms with E-state index in [2.05, 4.69) is 11.1 Å². The van der Waals surface area contributed by atoms with Gasteiger partial charge in [0.2, 0.25) is 0 Å². The predicted octanol–water partition coefficient (Wildman–Crippen LogP) is 3.14. The van der Waals surface area contributed by atoms with E-state index >= 15 is 0 Å². The summed E-state index contributed by atoms with van der Waals surface area (Å²) < 4.78 is 13.1. The van der Waals surface area contributed by atoms with Crippen molar-refractivity contribution in [1.29, 1.82) is 0 Å². The Labute approximate surface area is 99.8 Å². The monoisotopic (exact) mass is 242 g/mol. The van der Waals surface area contributed by atoms with Gasteiger partial charge in [-0.1, -0.05) is 12.1 Å². The largest absolute Gasteiger partial charge is 2.00 e. The molecule has 77 valence electrons. The number of halogens is 1. The smallest absolute Gasteiger partial charge is 0.358 e. The average molecular weight is 242 g/mol. The average Bonchev–Trinajstić information content (AvgIpc) is 2.20. The SMILES string of the molecule is Fc1ncccc1-c1[c-]cccc1.[CH3-].[Mn+2]. The van der Waals surface area contributed by atoms with Crippen LogP contribution in [0.25, 0.3) is 11.1 Å². The van der Waals surface area contributed by atoms with Gasteiger partial charge in [-0.15, -0.1) is 35.9 Å². The molecule has 2 aromatic rings. The molecule has 0 spiro atoms. The molecule has 0 saturated carbocycles. The zero-order valence-corrected chi connectivity index (χ0v) is 9.43. The minimum atomic E-state index is -0.454. The van der Waals surface area contributed by atoms with Crippen LogP contribution < -0.4 is 0 Å². The van der Waals surface area contributed by atoms with Crippen molar-refractivity contribution in [2.24, 2.45) is 0 Å². The molecule has 0 aliphatic heterocycles. The molecule has 1 nitrogen and oxygen atoms in total. The second kappa shape index (κ2) is 6.33. The van der Waals surface area contributed by atoms with E-state index in [9.17, 15) is 4.39 Å². The van der Waals surface area contributed by atoms with E-state index in [0.29, 0.717) is 5.56 Å². The Morgan fingerprint density at radius 1 is 1.13 bits per heavy atom. The van der Waals surface area contributed by atoms with E-state index in [0.717, 1.165) is 5.56 Å². The standard InChI is InChI=1S/C11H7FN.CH3.Mn/c12-11-10(7-4-8-13-11)9-5-2-1-3-6-9;;/h1-5,7-8H;1H3;/q2*-1;+2. The summed E-state index contributed by atoms with van der Waals surface area (Å²) in [6.45, 7) is 0. The summed E-state index contributed by atoms with van der Waals surface area (Å²) >= 11 is 0. The van der Waals surface area contributed by atoms with Gasteiger partial charge in [-0.25, -0.2) is 4.98 Å². The first-order valence-electron chi connectivity index (χ1n) is 3.95. The van der Waals surface area contributed by atoms with Crippen molar-refractivity contribution in [3.8, 4) is 11.1 Å². The number of rotatable bonds is 1. The third-order valence-electron chi connectivity index (χ3n) is 1.76. The minimum Gasteiger partial charge on any atom is -0.358 e. The van der Waals surface area contributed by atoms with E-state index in [1.807, 2.05) is 12.1 Å². The van der Waals surface area contributed by atoms with Gasteiger partial charge < -0.3 is 7.43 Å². The van der Waals surface area contributed by atoms with Crippen molar-refractivity contribution >= 4 is 0 Å². The Morgan fingerprint density at radius 3 is 2.53 bits per heavy atom. The van der Waals surface area contributed by atoms with E-state index in [4.69, 9.17) is 0 Å². The molecule has 15 heavy (non-hydrogen) atoms. The zero-order chi connectivity index (χ0) is 9.10. The van der Waals surface area contributed by atoms with Gasteiger partial charge in [0, 0.05) is 6.20 Å². The molecule has 3 heteroatoms. The molecular weight excluding hydrogens is 232 g/mol. The summed E-state index contributed by atoms with van der Waals surface area (Å²) in [5, 5.41) is 0. The van der Waals surface area contributed by atoms with Crippen molar-refractivity contribution in [2.75, 3.05) is 0 Å². The number of hydrogen-bond donors (Lipinski definition) is 0. The van der Waals surface area contributed by atoms with Crippen LogP contribution in [0, 0.1) is 19.4 Å². The van der Waals surface area contributed by atoms with Crippen LogP contribution in [-0.2, 0) is 17.1 Å². The van der Waals surface area contributed by atoms with Crippen molar-refractivity contribution in [2.45, 2.75) is 0 Å². The van der Waals surface area contributed by atoms with Crippen LogP contribution in [0.4, 0.5) is 4.39 Å². The maximum Gasteiger partial charge on any atom is 2.00 e. The normalized spacial score (nSPS) is 8.60. The van der Waals surface area contributed by atoms with E-state index < -0.39 is 5.95 Å². The van der Waals surface area contributed by atoms with Crippen molar-refractivity contribution in [3.05, 3.63) is 62.0 Å². The van der Waals surface area contributed by atoms with Gasteiger partial charge in [-0.2, -0.15) is 4.39 Å². The molecule has 1 aromatic carbocycles. The first kappa shape index (κ1) is 13.8. The van der Waals surface area contributed by atoms with Gasteiger partial charge in [-0.3, -0.25) is 0 Å². The third kappa shape index (κ3) is 3.15. The molecule has 1 heterocycles. The van der Waals surface area contributed by atoms with E-state index in [1.54, 1.807) is 24.3 Å². The fourth-order valence-corrected chi connectivity index (χ4v) is 1.15. The summed E-state index contributed by atoms with van der Waals surface area (Å²) in [6, 6.07) is 13.6. The Balaban J connectivity index is 0.000000980. The van der Waals surface area contributed by atoms with Gasteiger partial charge in [0.25, 0.3) is 0 Å². The molecular formula is C12H10FMnN. The second-order valence-electron chi connectivity index (χ2n) is 2.62. The van der Waals surface area contributed by atoms with E-state index in [-0.39, 0.29) is 24.5 Å². The summed E-state index contributed by atoms with van der Waals surface area (Å²) in [7, 11) is 0. The maximum atomic E-state index is 13.1. The summed E-state index contributed by atoms with van der Waals surface area (Å²) in [4.78, 5) is 3.57. The summed E-state index contributed by atoms with van der Waals surface area (Å²) in [5.41, 5.74) is 1.22. The fraction of sp³-hybridized carbons (Fsp3) is 0. The molecule has 0 amide bonds. The van der Waals surface area contributed by atoms with Crippen LogP contribution >= 0.6 is 0 Å². The number of benzene rings is 1. The van der Waals surface area contributed by atoms with Crippen molar-refractivity contribution in [3.63, 3.8) is 0 Å². The molecule has 0 saturated heterocycles. The van der Waals surface area contributed by atoms with Gasteiger partial charge in [0.15, 0.2) is 5.95 Å². The summed E-state index contributed by atoms with van der Waals surface area (Å²) in [6.07, 6.45) is 1.43. The van der Waals surface area contributed by atoms with E-state index in [1.165, 1.54) is 6.20 Å². The van der Waals surface area contributed by atoms with Crippen molar-refractivity contribution < 1.29 is 21.5 Å². The van der Waals surface area contributed by atoms with Crippen LogP contribution in [0.1, 0.15) is 0 Å². The number of nitrogens with zero attached hydrogens (tertiary/aromatic N) is 1. The number of aromatic nitrogens is 1. The van der Waals surface area contributed by atoms with Crippen LogP contribution in [0.15, 0.2) is 42.6 Å². The van der Waals surface area contributed by atoms with Gasteiger partial charge in [0.1, 0.15) is 0 Å². The fourth-order valence-electron chi connectivity index (χ4n) is 1.15. The van der Waals surface area contributed by atoms with Crippen LogP contribution in [-0.4, -0.2) is 4.98 Å². The predicted molar refractivity (Wildman–Crippen MR) is 54.9 cm³/mol. The van der Waals surface area contributed by atoms with Crippen LogP contribution in [0.5, 0.6) is 0 Å². The number of pyridine rings is 1. The molecule has 0 bridgehead atoms. The van der Waals surface area contributed by atoms with Crippen LogP contribution in [0.3, 0.4) is 0 Å². The van der Waals surface area contributed by atoms with Gasteiger partial charge in [-0.05, 0) is 5.56 Å². The molecule has 1 radical (unpaired) electrons. The molecule has 0 N–H and O–H groups in total. The molecule has 0 atom stereocenters. The first-order valence-corrected chi connectivity index (χ1v) is 3.95. The summed E-state index contributed by atoms with van der Waals surface area (Å²) in [5.74, 6) is -0.454. The molecule has 0 aliphatic rings. The molecule has 0 fully saturated rings. The Kier molecular flexibility index (Phi) is 5.83. The Morgan fingerprint density at radius 2 is 1.93 bits per heavy atom. The number of hydrogen-bond acceptors (Lipinski definition) is 1. The first-order chi connectivity index (χ1) is 6.38. The minimum absolute atomic E-state index is 0. The van der Waals surface area contributed by atoms with Crippen molar-refractivity contribution in [1.82, 2.24) is 4.98 Å². The van der Waals surface area contributed by atoms with Gasteiger partial charge >= 0.3 is 17.1 Å². The topological polar surface area (TPSA) is 12.9 Å². The molecule has 1 aromatic heterocycles. The zero-order valence-electron chi connectivity index (χ0n) is 8.24. The molecule has 0 aliphatic carbocycles. The molecule has 0 unspecified atom stereocenters. The van der Waals surface area contributed by atoms with Crippen LogP contribution in [0.2, 0.25) is 0 Å². The Hall–Kier alpha value is -1.18. The maximum absolute atomic E-state index is 13.1. The molecule has 2 rings (SSSR count). The Bertz CT molecular complexity index is 403.